The van der Waals surface area contributed by atoms with Crippen molar-refractivity contribution in [1.29, 1.82) is 0 Å². The van der Waals surface area contributed by atoms with E-state index in [4.69, 9.17) is 4.74 Å². The van der Waals surface area contributed by atoms with Crippen molar-refractivity contribution >= 4 is 0 Å². The van der Waals surface area contributed by atoms with Gasteiger partial charge in [0.25, 0.3) is 0 Å². The average molecular weight is 252 g/mol. The number of methoxy groups -OCH3 is 1. The van der Waals surface area contributed by atoms with Crippen molar-refractivity contribution in [3.8, 4) is 5.75 Å². The number of ether oxygens (including phenoxy) is 1. The molecule has 1 aromatic rings. The van der Waals surface area contributed by atoms with Crippen LogP contribution in [0.15, 0.2) is 6.07 Å². The van der Waals surface area contributed by atoms with Gasteiger partial charge in [-0.05, 0) is 68.9 Å². The van der Waals surface area contributed by atoms with Crippen molar-refractivity contribution in [2.45, 2.75) is 52.7 Å². The van der Waals surface area contributed by atoms with Crippen molar-refractivity contribution in [3.63, 3.8) is 0 Å². The molecule has 0 aromatic heterocycles. The molecule has 0 saturated carbocycles. The van der Waals surface area contributed by atoms with Crippen LogP contribution in [0.25, 0.3) is 0 Å². The van der Waals surface area contributed by atoms with Gasteiger partial charge in [0.05, 0.1) is 19.3 Å². The first-order chi connectivity index (χ1) is 8.38. The third-order valence-electron chi connectivity index (χ3n) is 3.68. The van der Waals surface area contributed by atoms with E-state index in [1.165, 1.54) is 16.7 Å². The van der Waals surface area contributed by atoms with Crippen LogP contribution in [0.5, 0.6) is 5.75 Å². The highest BCUT2D eigenvalue weighted by atomic mass is 16.5. The first kappa shape index (κ1) is 15.0. The number of hydrogen-bond acceptors (Lipinski definition) is 3. The highest BCUT2D eigenvalue weighted by Gasteiger charge is 2.14. The number of benzene rings is 1. The summed E-state index contributed by atoms with van der Waals surface area (Å²) < 4.78 is 5.34. The molecule has 3 heteroatoms. The van der Waals surface area contributed by atoms with Crippen LogP contribution in [0.1, 0.15) is 35.6 Å². The van der Waals surface area contributed by atoms with Crippen molar-refractivity contribution in [2.75, 3.05) is 7.11 Å². The van der Waals surface area contributed by atoms with Crippen LogP contribution >= 0.6 is 0 Å². The standard InChI is InChI=1S/C15H24O3/c1-9-8-15(18-5)11(3)10(2)13(9)6-7-14(17)12(4)16/h8,12,14,16-17H,6-7H2,1-5H3. The molecule has 2 atom stereocenters. The van der Waals surface area contributed by atoms with E-state index >= 15 is 0 Å². The number of rotatable bonds is 5. The SMILES string of the molecule is COc1cc(C)c(CCC(O)C(C)O)c(C)c1C. The Labute approximate surface area is 109 Å². The van der Waals surface area contributed by atoms with E-state index in [0.717, 1.165) is 17.7 Å². The normalized spacial score (nSPS) is 14.4. The first-order valence-electron chi connectivity index (χ1n) is 6.38. The summed E-state index contributed by atoms with van der Waals surface area (Å²) in [4.78, 5) is 0. The van der Waals surface area contributed by atoms with E-state index in [9.17, 15) is 10.2 Å². The maximum Gasteiger partial charge on any atom is 0.122 e. The van der Waals surface area contributed by atoms with Gasteiger partial charge in [0.1, 0.15) is 5.75 Å². The molecule has 0 bridgehead atoms. The van der Waals surface area contributed by atoms with Gasteiger partial charge in [-0.15, -0.1) is 0 Å². The van der Waals surface area contributed by atoms with Crippen molar-refractivity contribution in [2.24, 2.45) is 0 Å². The fourth-order valence-electron chi connectivity index (χ4n) is 2.23. The number of aryl methyl sites for hydroxylation is 1. The van der Waals surface area contributed by atoms with Crippen LogP contribution in [-0.2, 0) is 6.42 Å². The van der Waals surface area contributed by atoms with Gasteiger partial charge in [0.15, 0.2) is 0 Å². The molecule has 2 unspecified atom stereocenters. The summed E-state index contributed by atoms with van der Waals surface area (Å²) in [6, 6.07) is 2.03. The topological polar surface area (TPSA) is 49.7 Å². The maximum absolute atomic E-state index is 9.66. The summed E-state index contributed by atoms with van der Waals surface area (Å²) in [5, 5.41) is 19.0. The zero-order valence-corrected chi connectivity index (χ0v) is 11.9. The minimum Gasteiger partial charge on any atom is -0.496 e. The zero-order chi connectivity index (χ0) is 13.9. The molecule has 0 aliphatic carbocycles. The minimum atomic E-state index is -0.676. The summed E-state index contributed by atoms with van der Waals surface area (Å²) in [7, 11) is 1.68. The van der Waals surface area contributed by atoms with Crippen LogP contribution in [0.3, 0.4) is 0 Å². The molecule has 0 heterocycles. The lowest BCUT2D eigenvalue weighted by molar-refractivity contribution is 0.0264. The van der Waals surface area contributed by atoms with E-state index in [1.54, 1.807) is 14.0 Å². The largest absolute Gasteiger partial charge is 0.496 e. The predicted molar refractivity (Wildman–Crippen MR) is 73.2 cm³/mol. The Bertz CT molecular complexity index is 411. The predicted octanol–water partition coefficient (Wildman–Crippen LogP) is 2.29. The van der Waals surface area contributed by atoms with Gasteiger partial charge < -0.3 is 14.9 Å². The summed E-state index contributed by atoms with van der Waals surface area (Å²) in [5.74, 6) is 0.907. The maximum atomic E-state index is 9.66. The van der Waals surface area contributed by atoms with Gasteiger partial charge in [0, 0.05) is 0 Å². The van der Waals surface area contributed by atoms with Crippen molar-refractivity contribution in [1.82, 2.24) is 0 Å². The zero-order valence-electron chi connectivity index (χ0n) is 11.9. The second kappa shape index (κ2) is 6.21. The van der Waals surface area contributed by atoms with Crippen molar-refractivity contribution in [3.05, 3.63) is 28.3 Å². The third kappa shape index (κ3) is 3.24. The summed E-state index contributed by atoms with van der Waals surface area (Å²) in [6.45, 7) is 7.79. The number of hydrogen-bond donors (Lipinski definition) is 2. The Morgan fingerprint density at radius 2 is 1.78 bits per heavy atom. The lowest BCUT2D eigenvalue weighted by Gasteiger charge is -2.18. The molecule has 102 valence electrons. The molecular weight excluding hydrogens is 228 g/mol. The smallest absolute Gasteiger partial charge is 0.122 e. The highest BCUT2D eigenvalue weighted by molar-refractivity contribution is 5.48. The molecule has 1 rings (SSSR count). The highest BCUT2D eigenvalue weighted by Crippen LogP contribution is 2.28. The van der Waals surface area contributed by atoms with Crippen molar-refractivity contribution < 1.29 is 14.9 Å². The Balaban J connectivity index is 2.93. The molecule has 0 fully saturated rings. The number of aliphatic hydroxyl groups is 2. The molecular formula is C15H24O3. The Morgan fingerprint density at radius 1 is 1.17 bits per heavy atom. The average Bonchev–Trinajstić information content (AvgIpc) is 2.33. The molecule has 2 N–H and O–H groups in total. The molecule has 0 radical (unpaired) electrons. The van der Waals surface area contributed by atoms with E-state index < -0.39 is 12.2 Å². The number of aliphatic hydroxyl groups excluding tert-OH is 2. The summed E-state index contributed by atoms with van der Waals surface area (Å²) >= 11 is 0. The fourth-order valence-corrected chi connectivity index (χ4v) is 2.23. The van der Waals surface area contributed by atoms with Gasteiger partial charge in [-0.3, -0.25) is 0 Å². The lowest BCUT2D eigenvalue weighted by atomic mass is 9.92. The lowest BCUT2D eigenvalue weighted by Crippen LogP contribution is -2.23. The van der Waals surface area contributed by atoms with E-state index in [-0.39, 0.29) is 0 Å². The van der Waals surface area contributed by atoms with E-state index in [1.807, 2.05) is 13.0 Å². The summed E-state index contributed by atoms with van der Waals surface area (Å²) in [6.07, 6.45) is 0.0100. The molecule has 1 aromatic carbocycles. The fraction of sp³-hybridized carbons (Fsp3) is 0.600. The third-order valence-corrected chi connectivity index (χ3v) is 3.68. The molecule has 0 spiro atoms. The monoisotopic (exact) mass is 252 g/mol. The van der Waals surface area contributed by atoms with E-state index in [2.05, 4.69) is 13.8 Å². The van der Waals surface area contributed by atoms with E-state index in [0.29, 0.717) is 6.42 Å². The van der Waals surface area contributed by atoms with Crippen LogP contribution < -0.4 is 4.74 Å². The Kier molecular flexibility index (Phi) is 5.17. The second-order valence-electron chi connectivity index (χ2n) is 4.97. The molecule has 0 aliphatic rings. The van der Waals surface area contributed by atoms with Gasteiger partial charge in [-0.1, -0.05) is 0 Å². The molecule has 0 aliphatic heterocycles. The van der Waals surface area contributed by atoms with Crippen LogP contribution in [0, 0.1) is 20.8 Å². The quantitative estimate of drug-likeness (QED) is 0.845. The molecule has 0 saturated heterocycles. The van der Waals surface area contributed by atoms with Gasteiger partial charge >= 0.3 is 0 Å². The van der Waals surface area contributed by atoms with Crippen LogP contribution in [0.2, 0.25) is 0 Å². The van der Waals surface area contributed by atoms with Crippen LogP contribution in [0.4, 0.5) is 0 Å². The van der Waals surface area contributed by atoms with Crippen LogP contribution in [-0.4, -0.2) is 29.5 Å². The minimum absolute atomic E-state index is 0.575. The Hall–Kier alpha value is -1.06. The molecule has 3 nitrogen and oxygen atoms in total. The summed E-state index contributed by atoms with van der Waals surface area (Å²) in [5.41, 5.74) is 4.77. The van der Waals surface area contributed by atoms with Gasteiger partial charge in [-0.25, -0.2) is 0 Å². The molecule has 18 heavy (non-hydrogen) atoms. The molecule has 0 amide bonds. The second-order valence-corrected chi connectivity index (χ2v) is 4.97. The van der Waals surface area contributed by atoms with Gasteiger partial charge in [-0.2, -0.15) is 0 Å². The first-order valence-corrected chi connectivity index (χ1v) is 6.38. The Morgan fingerprint density at radius 3 is 2.28 bits per heavy atom. The van der Waals surface area contributed by atoms with Gasteiger partial charge in [0.2, 0.25) is 0 Å².